The molecule has 1 rings (SSSR count). The molecule has 0 aliphatic carbocycles. The van der Waals surface area contributed by atoms with Gasteiger partial charge >= 0.3 is 6.03 Å². The molecule has 0 spiro atoms. The summed E-state index contributed by atoms with van der Waals surface area (Å²) in [6, 6.07) is -0.366. The van der Waals surface area contributed by atoms with Crippen LogP contribution in [0.15, 0.2) is 10.1 Å². The van der Waals surface area contributed by atoms with Gasteiger partial charge in [0.05, 0.1) is 11.7 Å². The molecule has 0 aromatic carbocycles. The molecule has 0 fully saturated rings. The largest absolute Gasteiger partial charge is 0.549 e. The second-order valence-corrected chi connectivity index (χ2v) is 6.47. The molecule has 0 saturated carbocycles. The topological polar surface area (TPSA) is 85.2 Å². The number of carbonyl (C=O) groups is 2. The normalized spacial score (nSPS) is 22.3. The lowest BCUT2D eigenvalue weighted by Gasteiger charge is -2.23. The molecule has 1 unspecified atom stereocenters. The van der Waals surface area contributed by atoms with Gasteiger partial charge < -0.3 is 9.90 Å². The molecule has 0 N–H and O–H groups in total. The first-order valence-corrected chi connectivity index (χ1v) is 6.63. The SMILES string of the molecule is CN(C)C(=O)[N+]1(SCC(=O)[O-])C=NC(C(C)(C)C)=N1. The van der Waals surface area contributed by atoms with Crippen molar-refractivity contribution in [3.63, 3.8) is 0 Å². The number of quaternary nitrogens is 1. The summed E-state index contributed by atoms with van der Waals surface area (Å²) in [6.07, 6.45) is 1.36. The summed E-state index contributed by atoms with van der Waals surface area (Å²) in [5.41, 5.74) is -0.314. The monoisotopic (exact) mass is 286 g/mol. The number of carboxylic acids is 1. The molecule has 0 aromatic rings. The Balaban J connectivity index is 3.10. The zero-order valence-corrected chi connectivity index (χ0v) is 12.5. The van der Waals surface area contributed by atoms with Gasteiger partial charge in [-0.2, -0.15) is 4.99 Å². The highest BCUT2D eigenvalue weighted by Crippen LogP contribution is 2.31. The number of urea groups is 1. The second-order valence-electron chi connectivity index (χ2n) is 5.36. The van der Waals surface area contributed by atoms with E-state index in [2.05, 4.69) is 10.1 Å². The van der Waals surface area contributed by atoms with E-state index in [1.165, 1.54) is 11.2 Å². The van der Waals surface area contributed by atoms with Crippen LogP contribution >= 0.6 is 11.9 Å². The second kappa shape index (κ2) is 5.30. The minimum atomic E-state index is -1.25. The number of amides is 2. The maximum Gasteiger partial charge on any atom is 0.463 e. The Hall–Kier alpha value is -1.41. The third-order valence-corrected chi connectivity index (χ3v) is 3.38. The van der Waals surface area contributed by atoms with Crippen LogP contribution < -0.4 is 5.11 Å². The van der Waals surface area contributed by atoms with Crippen LogP contribution in [-0.2, 0) is 4.79 Å². The zero-order valence-electron chi connectivity index (χ0n) is 11.7. The van der Waals surface area contributed by atoms with Crippen LogP contribution in [0.4, 0.5) is 4.79 Å². The Morgan fingerprint density at radius 1 is 1.42 bits per heavy atom. The van der Waals surface area contributed by atoms with Gasteiger partial charge in [0.2, 0.25) is 6.34 Å². The van der Waals surface area contributed by atoms with Crippen molar-refractivity contribution >= 4 is 36.1 Å². The third-order valence-electron chi connectivity index (χ3n) is 2.29. The molecular formula is C11H18N4O3S. The van der Waals surface area contributed by atoms with Gasteiger partial charge in [-0.05, 0) is 9.10 Å². The lowest BCUT2D eigenvalue weighted by molar-refractivity contribution is -0.606. The van der Waals surface area contributed by atoms with E-state index in [0.29, 0.717) is 5.84 Å². The fourth-order valence-electron chi connectivity index (χ4n) is 1.32. The van der Waals surface area contributed by atoms with Gasteiger partial charge in [-0.3, -0.25) is 4.90 Å². The molecule has 2 amide bonds. The van der Waals surface area contributed by atoms with Crippen molar-refractivity contribution in [1.82, 2.24) is 4.90 Å². The van der Waals surface area contributed by atoms with Crippen molar-refractivity contribution in [2.24, 2.45) is 15.5 Å². The number of nitrogens with zero attached hydrogens (tertiary/aromatic N) is 4. The maximum atomic E-state index is 12.2. The number of hydrogen-bond acceptors (Lipinski definition) is 6. The van der Waals surface area contributed by atoms with Gasteiger partial charge in [0.15, 0.2) is 5.84 Å². The molecule has 0 aromatic heterocycles. The Kier molecular flexibility index (Phi) is 4.36. The summed E-state index contributed by atoms with van der Waals surface area (Å²) in [6.45, 7) is 5.77. The lowest BCUT2D eigenvalue weighted by Crippen LogP contribution is -2.47. The van der Waals surface area contributed by atoms with Gasteiger partial charge in [0.1, 0.15) is 11.9 Å². The molecule has 0 saturated heterocycles. The first-order valence-electron chi connectivity index (χ1n) is 5.69. The number of carbonyl (C=O) groups excluding carboxylic acids is 2. The van der Waals surface area contributed by atoms with E-state index < -0.39 is 9.97 Å². The van der Waals surface area contributed by atoms with E-state index in [9.17, 15) is 14.7 Å². The van der Waals surface area contributed by atoms with E-state index in [0.717, 1.165) is 11.9 Å². The standard InChI is InChI=1S/C11H18N4O3S/c1-11(2,3)9-12-7-15(13-9,10(18)14(4)5)19-6-8(16)17/h7H,6H2,1-5H3. The van der Waals surface area contributed by atoms with Crippen molar-refractivity contribution in [2.75, 3.05) is 19.8 Å². The third kappa shape index (κ3) is 3.54. The molecule has 1 atom stereocenters. The van der Waals surface area contributed by atoms with Gasteiger partial charge in [-0.25, -0.2) is 4.79 Å². The van der Waals surface area contributed by atoms with Crippen LogP contribution in [0.25, 0.3) is 0 Å². The number of amidine groups is 1. The predicted molar refractivity (Wildman–Crippen MR) is 72.2 cm³/mol. The highest BCUT2D eigenvalue weighted by Gasteiger charge is 2.46. The molecule has 106 valence electrons. The number of aliphatic carboxylic acids is 1. The molecule has 8 heteroatoms. The van der Waals surface area contributed by atoms with Gasteiger partial charge in [0.25, 0.3) is 0 Å². The summed E-state index contributed by atoms with van der Waals surface area (Å²) in [4.78, 5) is 28.3. The molecule has 0 radical (unpaired) electrons. The minimum absolute atomic E-state index is 0.314. The molecule has 19 heavy (non-hydrogen) atoms. The highest BCUT2D eigenvalue weighted by molar-refractivity contribution is 7.95. The van der Waals surface area contributed by atoms with E-state index >= 15 is 0 Å². The van der Waals surface area contributed by atoms with Gasteiger partial charge in [0, 0.05) is 19.5 Å². The first-order chi connectivity index (χ1) is 8.58. The molecule has 1 heterocycles. The van der Waals surface area contributed by atoms with Crippen molar-refractivity contribution in [2.45, 2.75) is 20.8 Å². The first kappa shape index (κ1) is 15.6. The van der Waals surface area contributed by atoms with Crippen molar-refractivity contribution in [1.29, 1.82) is 0 Å². The quantitative estimate of drug-likeness (QED) is 0.551. The highest BCUT2D eigenvalue weighted by atomic mass is 32.2. The molecule has 7 nitrogen and oxygen atoms in total. The summed E-state index contributed by atoms with van der Waals surface area (Å²) >= 11 is 0.843. The Bertz CT molecular complexity index is 453. The Morgan fingerprint density at radius 2 is 2.00 bits per heavy atom. The number of aliphatic imine (C=N–C) groups is 1. The Morgan fingerprint density at radius 3 is 2.37 bits per heavy atom. The van der Waals surface area contributed by atoms with Crippen LogP contribution in [0.5, 0.6) is 0 Å². The van der Waals surface area contributed by atoms with Crippen LogP contribution in [0.3, 0.4) is 0 Å². The summed E-state index contributed by atoms with van der Waals surface area (Å²) in [5.74, 6) is -1.08. The summed E-state index contributed by atoms with van der Waals surface area (Å²) in [7, 11) is 3.17. The average Bonchev–Trinajstić information content (AvgIpc) is 2.70. The average molecular weight is 286 g/mol. The fourth-order valence-corrected chi connectivity index (χ4v) is 2.14. The van der Waals surface area contributed by atoms with Gasteiger partial charge in [-0.1, -0.05) is 20.8 Å². The minimum Gasteiger partial charge on any atom is -0.549 e. The Labute approximate surface area is 116 Å². The van der Waals surface area contributed by atoms with E-state index in [-0.39, 0.29) is 17.2 Å². The van der Waals surface area contributed by atoms with E-state index in [1.54, 1.807) is 14.1 Å². The number of carboxylic acid groups (broad SMARTS) is 1. The predicted octanol–water partition coefficient (Wildman–Crippen LogP) is 0.284. The molecule has 0 bridgehead atoms. The van der Waals surface area contributed by atoms with Crippen LogP contribution in [0.2, 0.25) is 0 Å². The van der Waals surface area contributed by atoms with Crippen molar-refractivity contribution in [3.05, 3.63) is 0 Å². The molecular weight excluding hydrogens is 268 g/mol. The van der Waals surface area contributed by atoms with Gasteiger partial charge in [-0.15, -0.1) is 0 Å². The number of rotatable bonds is 3. The molecule has 1 aliphatic heterocycles. The van der Waals surface area contributed by atoms with Crippen molar-refractivity contribution < 1.29 is 18.7 Å². The maximum absolute atomic E-state index is 12.2. The molecule has 1 aliphatic rings. The number of hydrogen-bond donors (Lipinski definition) is 0. The van der Waals surface area contributed by atoms with Crippen LogP contribution in [0.1, 0.15) is 20.8 Å². The fraction of sp³-hybridized carbons (Fsp3) is 0.636. The van der Waals surface area contributed by atoms with Crippen LogP contribution in [0, 0.1) is 5.41 Å². The zero-order chi connectivity index (χ0) is 14.8. The van der Waals surface area contributed by atoms with E-state index in [1.807, 2.05) is 20.8 Å². The summed E-state index contributed by atoms with van der Waals surface area (Å²) < 4.78 is -0.534. The van der Waals surface area contributed by atoms with E-state index in [4.69, 9.17) is 0 Å². The van der Waals surface area contributed by atoms with Crippen molar-refractivity contribution in [3.8, 4) is 0 Å². The summed E-state index contributed by atoms with van der Waals surface area (Å²) in [5, 5.41) is 14.9. The lowest BCUT2D eigenvalue weighted by atomic mass is 9.96. The van der Waals surface area contributed by atoms with Crippen LogP contribution in [-0.4, -0.2) is 52.9 Å². The smallest absolute Gasteiger partial charge is 0.463 e.